The van der Waals surface area contributed by atoms with Crippen LogP contribution in [0.15, 0.2) is 42.5 Å². The summed E-state index contributed by atoms with van der Waals surface area (Å²) >= 11 is 0. The summed E-state index contributed by atoms with van der Waals surface area (Å²) < 4.78 is 88.6. The Balaban J connectivity index is 1.57. The standard InChI is InChI=1S/C25H23F4N3O4S/c26-17-10-16(20(27)18(12-17)15-4-2-1-3-5-15)11-19-21(31-37(34,35)23(28)29)24(6-7-24)14-32(19)22(33)25(13-30)8-9-36-25/h1-5,10,12,19,21,23,31H,6-9,11,14H2/t19-,21+,25+/m0/s1. The highest BCUT2D eigenvalue weighted by atomic mass is 32.2. The van der Waals surface area contributed by atoms with E-state index in [2.05, 4.69) is 0 Å². The number of benzene rings is 2. The fourth-order valence-electron chi connectivity index (χ4n) is 5.35. The minimum Gasteiger partial charge on any atom is -0.352 e. The molecule has 3 fully saturated rings. The van der Waals surface area contributed by atoms with Crippen molar-refractivity contribution in [1.29, 1.82) is 5.26 Å². The first kappa shape index (κ1) is 25.6. The molecular formula is C25H23F4N3O4S. The molecule has 37 heavy (non-hydrogen) atoms. The van der Waals surface area contributed by atoms with Crippen LogP contribution in [0.3, 0.4) is 0 Å². The van der Waals surface area contributed by atoms with Crippen LogP contribution in [-0.2, 0) is 26.0 Å². The molecular weight excluding hydrogens is 514 g/mol. The van der Waals surface area contributed by atoms with Crippen molar-refractivity contribution in [3.05, 3.63) is 59.7 Å². The van der Waals surface area contributed by atoms with Crippen LogP contribution in [0.5, 0.6) is 0 Å². The highest BCUT2D eigenvalue weighted by Gasteiger charge is 2.64. The van der Waals surface area contributed by atoms with Gasteiger partial charge in [0.1, 0.15) is 17.7 Å². The number of likely N-dealkylation sites (tertiary alicyclic amines) is 1. The maximum Gasteiger partial charge on any atom is 0.350 e. The summed E-state index contributed by atoms with van der Waals surface area (Å²) in [5.74, 6) is -5.99. The predicted molar refractivity (Wildman–Crippen MR) is 123 cm³/mol. The van der Waals surface area contributed by atoms with Gasteiger partial charge in [0.2, 0.25) is 5.60 Å². The molecule has 2 saturated heterocycles. The second-order valence-corrected chi connectivity index (χ2v) is 11.5. The van der Waals surface area contributed by atoms with Crippen LogP contribution in [0.25, 0.3) is 11.1 Å². The van der Waals surface area contributed by atoms with Gasteiger partial charge in [-0.3, -0.25) is 4.79 Å². The predicted octanol–water partition coefficient (Wildman–Crippen LogP) is 3.36. The van der Waals surface area contributed by atoms with E-state index in [1.54, 1.807) is 30.3 Å². The summed E-state index contributed by atoms with van der Waals surface area (Å²) in [6.07, 6.45) is 0.614. The second kappa shape index (κ2) is 9.08. The molecule has 1 N–H and O–H groups in total. The van der Waals surface area contributed by atoms with E-state index >= 15 is 4.39 Å². The molecule has 0 unspecified atom stereocenters. The van der Waals surface area contributed by atoms with Crippen LogP contribution in [0.1, 0.15) is 24.8 Å². The quantitative estimate of drug-likeness (QED) is 0.547. The lowest BCUT2D eigenvalue weighted by atomic mass is 9.90. The molecule has 1 saturated carbocycles. The minimum atomic E-state index is -5.07. The number of amides is 1. The molecule has 1 amide bonds. The third kappa shape index (κ3) is 4.39. The molecule has 5 rings (SSSR count). The number of carbonyl (C=O) groups excluding carboxylic acids is 1. The fourth-order valence-corrected chi connectivity index (χ4v) is 6.21. The van der Waals surface area contributed by atoms with E-state index < -0.39 is 56.4 Å². The molecule has 2 aromatic carbocycles. The third-order valence-corrected chi connectivity index (χ3v) is 8.62. The van der Waals surface area contributed by atoms with Gasteiger partial charge in [-0.1, -0.05) is 30.3 Å². The molecule has 1 spiro atoms. The second-order valence-electron chi connectivity index (χ2n) is 9.80. The van der Waals surface area contributed by atoms with Crippen molar-refractivity contribution in [3.8, 4) is 17.2 Å². The Morgan fingerprint density at radius 2 is 1.86 bits per heavy atom. The molecule has 0 radical (unpaired) electrons. The average molecular weight is 538 g/mol. The normalized spacial score (nSPS) is 26.2. The Morgan fingerprint density at radius 1 is 1.19 bits per heavy atom. The molecule has 2 aliphatic heterocycles. The Hall–Kier alpha value is -3.01. The van der Waals surface area contributed by atoms with Crippen molar-refractivity contribution >= 4 is 15.9 Å². The van der Waals surface area contributed by atoms with E-state index in [1.807, 2.05) is 10.8 Å². The Kier molecular flexibility index (Phi) is 6.29. The number of rotatable bonds is 7. The topological polar surface area (TPSA) is 99.5 Å². The number of halogens is 4. The Labute approximate surface area is 211 Å². The molecule has 7 nitrogen and oxygen atoms in total. The zero-order valence-electron chi connectivity index (χ0n) is 19.5. The van der Waals surface area contributed by atoms with Crippen LogP contribution < -0.4 is 4.72 Å². The number of nitrogens with zero attached hydrogens (tertiary/aromatic N) is 2. The molecule has 3 aliphatic rings. The molecule has 196 valence electrons. The lowest BCUT2D eigenvalue weighted by Crippen LogP contribution is -2.59. The van der Waals surface area contributed by atoms with Gasteiger partial charge in [-0.2, -0.15) is 14.0 Å². The zero-order valence-corrected chi connectivity index (χ0v) is 20.3. The largest absolute Gasteiger partial charge is 0.352 e. The summed E-state index contributed by atoms with van der Waals surface area (Å²) in [7, 11) is -5.07. The number of hydrogen-bond donors (Lipinski definition) is 1. The van der Waals surface area contributed by atoms with E-state index in [9.17, 15) is 31.6 Å². The summed E-state index contributed by atoms with van der Waals surface area (Å²) in [6.45, 7) is 0.144. The minimum absolute atomic E-state index is 0.0256. The Morgan fingerprint density at radius 3 is 2.41 bits per heavy atom. The van der Waals surface area contributed by atoms with Crippen molar-refractivity contribution in [3.63, 3.8) is 0 Å². The van der Waals surface area contributed by atoms with Crippen molar-refractivity contribution in [2.45, 2.75) is 49.1 Å². The smallest absolute Gasteiger partial charge is 0.350 e. The molecule has 3 atom stereocenters. The van der Waals surface area contributed by atoms with Crippen LogP contribution in [0.4, 0.5) is 17.6 Å². The van der Waals surface area contributed by atoms with Crippen LogP contribution in [0.2, 0.25) is 0 Å². The maximum atomic E-state index is 15.7. The summed E-state index contributed by atoms with van der Waals surface area (Å²) in [5, 5.41) is 9.61. The zero-order chi connectivity index (χ0) is 26.6. The number of nitriles is 1. The van der Waals surface area contributed by atoms with Crippen molar-refractivity contribution in [2.75, 3.05) is 13.2 Å². The van der Waals surface area contributed by atoms with Gasteiger partial charge in [-0.25, -0.2) is 21.9 Å². The van der Waals surface area contributed by atoms with Gasteiger partial charge in [0.15, 0.2) is 0 Å². The third-order valence-electron chi connectivity index (χ3n) is 7.56. The monoisotopic (exact) mass is 537 g/mol. The SMILES string of the molecule is N#C[C@@]1(C(=O)N2CC3(CC3)[C@H](NS(=O)(=O)C(F)F)[C@@H]2Cc2cc(F)cc(-c3ccccc3)c2F)CCO1. The first-order valence-corrected chi connectivity index (χ1v) is 13.3. The van der Waals surface area contributed by atoms with E-state index in [4.69, 9.17) is 4.74 Å². The molecule has 2 heterocycles. The molecule has 1 aliphatic carbocycles. The van der Waals surface area contributed by atoms with Gasteiger partial charge in [0, 0.05) is 30.0 Å². The highest BCUT2D eigenvalue weighted by Crippen LogP contribution is 2.56. The molecule has 0 bridgehead atoms. The summed E-state index contributed by atoms with van der Waals surface area (Å²) in [5.41, 5.74) is -2.41. The average Bonchev–Trinajstić information content (AvgIpc) is 3.56. The van der Waals surface area contributed by atoms with Crippen LogP contribution in [-0.4, -0.2) is 55.8 Å². The van der Waals surface area contributed by atoms with E-state index in [0.717, 1.165) is 12.1 Å². The van der Waals surface area contributed by atoms with Gasteiger partial charge in [0.05, 0.1) is 12.6 Å². The molecule has 12 heteroatoms. The van der Waals surface area contributed by atoms with Gasteiger partial charge < -0.3 is 9.64 Å². The number of nitrogens with one attached hydrogen (secondary N) is 1. The van der Waals surface area contributed by atoms with Crippen molar-refractivity contribution in [1.82, 2.24) is 9.62 Å². The van der Waals surface area contributed by atoms with Crippen molar-refractivity contribution in [2.24, 2.45) is 5.41 Å². The van der Waals surface area contributed by atoms with E-state index in [0.29, 0.717) is 18.4 Å². The number of alkyl halides is 2. The number of hydrogen-bond acceptors (Lipinski definition) is 5. The van der Waals surface area contributed by atoms with Crippen molar-refractivity contribution < 1.29 is 35.5 Å². The number of ether oxygens (including phenoxy) is 1. The van der Waals surface area contributed by atoms with Crippen LogP contribution >= 0.6 is 0 Å². The highest BCUT2D eigenvalue weighted by molar-refractivity contribution is 7.89. The van der Waals surface area contributed by atoms with Gasteiger partial charge in [0.25, 0.3) is 15.9 Å². The first-order valence-electron chi connectivity index (χ1n) is 11.7. The lowest BCUT2D eigenvalue weighted by Gasteiger charge is -2.39. The number of carbonyl (C=O) groups is 1. The Bertz CT molecular complexity index is 1370. The molecule has 2 aromatic rings. The van der Waals surface area contributed by atoms with Crippen LogP contribution in [0, 0.1) is 28.4 Å². The van der Waals surface area contributed by atoms with Gasteiger partial charge >= 0.3 is 5.76 Å². The van der Waals surface area contributed by atoms with E-state index in [-0.39, 0.29) is 37.1 Å². The lowest BCUT2D eigenvalue weighted by molar-refractivity contribution is -0.172. The van der Waals surface area contributed by atoms with Gasteiger partial charge in [-0.05, 0) is 42.5 Å². The van der Waals surface area contributed by atoms with Gasteiger partial charge in [-0.15, -0.1) is 0 Å². The van der Waals surface area contributed by atoms with E-state index in [1.165, 1.54) is 4.90 Å². The molecule has 0 aromatic heterocycles. The first-order chi connectivity index (χ1) is 17.5. The summed E-state index contributed by atoms with van der Waals surface area (Å²) in [6, 6.07) is 9.69. The number of sulfonamides is 1. The summed E-state index contributed by atoms with van der Waals surface area (Å²) in [4.78, 5) is 14.7. The maximum absolute atomic E-state index is 15.7. The fraction of sp³-hybridized carbons (Fsp3) is 0.440.